The molecular formula is C22H24N6O2S. The first-order chi connectivity index (χ1) is 14.9. The molecule has 1 N–H and O–H groups in total. The average molecular weight is 437 g/mol. The Morgan fingerprint density at radius 1 is 1.13 bits per heavy atom. The van der Waals surface area contributed by atoms with E-state index in [0.717, 1.165) is 24.4 Å². The van der Waals surface area contributed by atoms with Crippen molar-refractivity contribution < 1.29 is 9.59 Å². The molecule has 0 spiro atoms. The number of carbonyl (C=O) groups excluding carboxylic acids is 2. The summed E-state index contributed by atoms with van der Waals surface area (Å²) in [6.45, 7) is 6.33. The zero-order chi connectivity index (χ0) is 22.0. The summed E-state index contributed by atoms with van der Waals surface area (Å²) >= 11 is 1.33. The second-order valence-electron chi connectivity index (χ2n) is 7.74. The van der Waals surface area contributed by atoms with Crippen LogP contribution in [0.25, 0.3) is 11.4 Å². The maximum absolute atomic E-state index is 13.3. The molecule has 1 aliphatic heterocycles. The Balaban J connectivity index is 1.59. The molecule has 2 aromatic heterocycles. The number of hydrogen-bond donors (Lipinski definition) is 1. The third kappa shape index (κ3) is 3.93. The lowest BCUT2D eigenvalue weighted by molar-refractivity contribution is -0.125. The van der Waals surface area contributed by atoms with Crippen molar-refractivity contribution in [3.63, 3.8) is 0 Å². The summed E-state index contributed by atoms with van der Waals surface area (Å²) in [4.78, 5) is 31.6. The lowest BCUT2D eigenvalue weighted by Gasteiger charge is -2.42. The number of anilines is 2. The van der Waals surface area contributed by atoms with E-state index in [2.05, 4.69) is 27.4 Å². The molecule has 0 saturated heterocycles. The van der Waals surface area contributed by atoms with Gasteiger partial charge >= 0.3 is 0 Å². The van der Waals surface area contributed by atoms with Gasteiger partial charge in [0.15, 0.2) is 11.0 Å². The lowest BCUT2D eigenvalue weighted by atomic mass is 9.96. The number of para-hydroxylation sites is 2. The minimum atomic E-state index is -0.995. The molecule has 0 fully saturated rings. The molecule has 3 aromatic rings. The van der Waals surface area contributed by atoms with Gasteiger partial charge in [-0.25, -0.2) is 0 Å². The van der Waals surface area contributed by atoms with E-state index in [0.29, 0.717) is 16.5 Å². The van der Waals surface area contributed by atoms with Gasteiger partial charge < -0.3 is 9.88 Å². The first kappa shape index (κ1) is 21.0. The van der Waals surface area contributed by atoms with Crippen LogP contribution in [-0.4, -0.2) is 42.9 Å². The Bertz CT molecular complexity index is 1110. The van der Waals surface area contributed by atoms with E-state index in [1.165, 1.54) is 11.8 Å². The van der Waals surface area contributed by atoms with Crippen molar-refractivity contribution in [1.82, 2.24) is 19.7 Å². The van der Waals surface area contributed by atoms with Crippen molar-refractivity contribution in [2.24, 2.45) is 0 Å². The van der Waals surface area contributed by atoms with Gasteiger partial charge in [0.25, 0.3) is 0 Å². The number of amides is 2. The summed E-state index contributed by atoms with van der Waals surface area (Å²) in [5.41, 5.74) is 1.27. The number of nitrogens with zero attached hydrogens (tertiary/aromatic N) is 5. The van der Waals surface area contributed by atoms with Crippen molar-refractivity contribution in [3.05, 3.63) is 48.8 Å². The van der Waals surface area contributed by atoms with Gasteiger partial charge in [0, 0.05) is 24.5 Å². The van der Waals surface area contributed by atoms with Crippen LogP contribution in [0.3, 0.4) is 0 Å². The Morgan fingerprint density at radius 2 is 1.87 bits per heavy atom. The fourth-order valence-corrected chi connectivity index (χ4v) is 4.44. The van der Waals surface area contributed by atoms with Crippen LogP contribution in [0, 0.1) is 0 Å². The predicted molar refractivity (Wildman–Crippen MR) is 121 cm³/mol. The van der Waals surface area contributed by atoms with Gasteiger partial charge in [-0.1, -0.05) is 30.8 Å². The van der Waals surface area contributed by atoms with Crippen LogP contribution in [0.2, 0.25) is 0 Å². The van der Waals surface area contributed by atoms with Crippen LogP contribution in [0.4, 0.5) is 11.4 Å². The summed E-state index contributed by atoms with van der Waals surface area (Å²) in [5, 5.41) is 12.2. The van der Waals surface area contributed by atoms with Crippen molar-refractivity contribution >= 4 is 35.0 Å². The summed E-state index contributed by atoms with van der Waals surface area (Å²) in [5.74, 6) is 0.526. The van der Waals surface area contributed by atoms with E-state index in [4.69, 9.17) is 0 Å². The second kappa shape index (κ2) is 8.50. The number of carbonyl (C=O) groups is 2. The topological polar surface area (TPSA) is 93.0 Å². The van der Waals surface area contributed by atoms with Gasteiger partial charge in [-0.2, -0.15) is 0 Å². The van der Waals surface area contributed by atoms with E-state index in [9.17, 15) is 9.59 Å². The number of pyridine rings is 1. The zero-order valence-corrected chi connectivity index (χ0v) is 18.5. The SMILES string of the molecule is CCCn1c(SCC(=O)N2c3ccccc3NC(=O)C2(C)C)nnc1-c1ccncc1. The number of rotatable bonds is 6. The molecule has 0 radical (unpaired) electrons. The second-order valence-corrected chi connectivity index (χ2v) is 8.68. The summed E-state index contributed by atoms with van der Waals surface area (Å²) in [7, 11) is 0. The minimum absolute atomic E-state index is 0.142. The third-order valence-corrected chi connectivity index (χ3v) is 6.14. The molecular weight excluding hydrogens is 412 g/mol. The van der Waals surface area contributed by atoms with Crippen LogP contribution in [-0.2, 0) is 16.1 Å². The largest absolute Gasteiger partial charge is 0.322 e. The van der Waals surface area contributed by atoms with Crippen molar-refractivity contribution in [3.8, 4) is 11.4 Å². The average Bonchev–Trinajstić information content (AvgIpc) is 3.16. The molecule has 0 atom stereocenters. The van der Waals surface area contributed by atoms with Gasteiger partial charge in [-0.3, -0.25) is 19.5 Å². The smallest absolute Gasteiger partial charge is 0.250 e. The van der Waals surface area contributed by atoms with Gasteiger partial charge in [0.1, 0.15) is 5.54 Å². The molecule has 0 bridgehead atoms. The number of hydrogen-bond acceptors (Lipinski definition) is 6. The molecule has 9 heteroatoms. The van der Waals surface area contributed by atoms with Crippen molar-refractivity contribution in [2.75, 3.05) is 16.0 Å². The number of benzene rings is 1. The Morgan fingerprint density at radius 3 is 2.61 bits per heavy atom. The Labute approximate surface area is 185 Å². The fourth-order valence-electron chi connectivity index (χ4n) is 3.62. The van der Waals surface area contributed by atoms with Gasteiger partial charge in [0.05, 0.1) is 17.1 Å². The van der Waals surface area contributed by atoms with Crippen molar-refractivity contribution in [2.45, 2.75) is 44.4 Å². The number of fused-ring (bicyclic) bond motifs is 1. The molecule has 8 nitrogen and oxygen atoms in total. The molecule has 1 aliphatic rings. The van der Waals surface area contributed by atoms with Gasteiger partial charge in [-0.05, 0) is 44.5 Å². The summed E-state index contributed by atoms with van der Waals surface area (Å²) in [6, 6.07) is 11.1. The highest BCUT2D eigenvalue weighted by Gasteiger charge is 2.43. The van der Waals surface area contributed by atoms with E-state index in [1.54, 1.807) is 37.2 Å². The normalized spacial score (nSPS) is 14.8. The molecule has 1 aromatic carbocycles. The fraction of sp³-hybridized carbons (Fsp3) is 0.318. The quantitative estimate of drug-likeness (QED) is 0.594. The van der Waals surface area contributed by atoms with Crippen LogP contribution >= 0.6 is 11.8 Å². The number of thioether (sulfide) groups is 1. The molecule has 160 valence electrons. The summed E-state index contributed by atoms with van der Waals surface area (Å²) in [6.07, 6.45) is 4.35. The zero-order valence-electron chi connectivity index (χ0n) is 17.7. The van der Waals surface area contributed by atoms with Gasteiger partial charge in [-0.15, -0.1) is 10.2 Å². The lowest BCUT2D eigenvalue weighted by Crippen LogP contribution is -2.59. The van der Waals surface area contributed by atoms with Crippen LogP contribution in [0.5, 0.6) is 0 Å². The highest BCUT2D eigenvalue weighted by atomic mass is 32.2. The van der Waals surface area contributed by atoms with Crippen molar-refractivity contribution in [1.29, 1.82) is 0 Å². The Hall–Kier alpha value is -3.20. The van der Waals surface area contributed by atoms with E-state index < -0.39 is 5.54 Å². The Kier molecular flexibility index (Phi) is 5.77. The molecule has 0 saturated carbocycles. The third-order valence-electron chi connectivity index (χ3n) is 5.18. The van der Waals surface area contributed by atoms with E-state index in [-0.39, 0.29) is 17.6 Å². The maximum Gasteiger partial charge on any atom is 0.250 e. The number of nitrogens with one attached hydrogen (secondary N) is 1. The molecule has 0 aliphatic carbocycles. The molecule has 31 heavy (non-hydrogen) atoms. The van der Waals surface area contributed by atoms with Gasteiger partial charge in [0.2, 0.25) is 11.8 Å². The molecule has 4 rings (SSSR count). The minimum Gasteiger partial charge on any atom is -0.322 e. The first-order valence-corrected chi connectivity index (χ1v) is 11.1. The van der Waals surface area contributed by atoms with Crippen LogP contribution in [0.15, 0.2) is 53.9 Å². The highest BCUT2D eigenvalue weighted by Crippen LogP contribution is 2.37. The van der Waals surface area contributed by atoms with E-state index >= 15 is 0 Å². The molecule has 0 unspecified atom stereocenters. The van der Waals surface area contributed by atoms with Crippen LogP contribution < -0.4 is 10.2 Å². The highest BCUT2D eigenvalue weighted by molar-refractivity contribution is 7.99. The van der Waals surface area contributed by atoms with E-state index in [1.807, 2.05) is 34.9 Å². The van der Waals surface area contributed by atoms with Crippen LogP contribution in [0.1, 0.15) is 27.2 Å². The summed E-state index contributed by atoms with van der Waals surface area (Å²) < 4.78 is 2.02. The maximum atomic E-state index is 13.3. The first-order valence-electron chi connectivity index (χ1n) is 10.1. The molecule has 3 heterocycles. The standard InChI is InChI=1S/C22H24N6O2S/c1-4-13-27-19(15-9-11-23-12-10-15)25-26-21(27)31-14-18(29)28-17-8-6-5-7-16(17)24-20(30)22(28,2)3/h5-12H,4,13-14H2,1-3H3,(H,24,30). The molecule has 2 amide bonds. The number of aromatic nitrogens is 4. The monoisotopic (exact) mass is 436 g/mol. The predicted octanol–water partition coefficient (Wildman–Crippen LogP) is 3.61.